The van der Waals surface area contributed by atoms with Gasteiger partial charge in [-0.2, -0.15) is 0 Å². The van der Waals surface area contributed by atoms with Gasteiger partial charge in [0.05, 0.1) is 7.11 Å². The Labute approximate surface area is 107 Å². The van der Waals surface area contributed by atoms with Gasteiger partial charge in [0, 0.05) is 17.7 Å². The Morgan fingerprint density at radius 3 is 2.29 bits per heavy atom. The molecule has 1 aromatic rings. The first-order valence-electron chi connectivity index (χ1n) is 5.09. The minimum absolute atomic E-state index is 0. The van der Waals surface area contributed by atoms with E-state index >= 15 is 0 Å². The van der Waals surface area contributed by atoms with Crippen LogP contribution in [0.4, 0.5) is 4.39 Å². The van der Waals surface area contributed by atoms with Crippen LogP contribution in [0.1, 0.15) is 32.4 Å². The van der Waals surface area contributed by atoms with Crippen molar-refractivity contribution in [3.8, 4) is 11.5 Å². The zero-order chi connectivity index (χ0) is 12.5. The molecule has 0 bridgehead atoms. The normalized spacial score (nSPS) is 12.8. The lowest BCUT2D eigenvalue weighted by Crippen LogP contribution is -2.26. The van der Waals surface area contributed by atoms with Crippen LogP contribution < -0.4 is 10.5 Å². The Bertz CT molecular complexity index is 391. The predicted octanol–water partition coefficient (Wildman–Crippen LogP) is 3.01. The molecular formula is C12H19ClFNO2. The van der Waals surface area contributed by atoms with E-state index in [0.717, 1.165) is 6.07 Å². The minimum atomic E-state index is -0.468. The fourth-order valence-corrected chi connectivity index (χ4v) is 1.45. The molecule has 0 saturated heterocycles. The summed E-state index contributed by atoms with van der Waals surface area (Å²) in [4.78, 5) is 0. The molecule has 0 aliphatic carbocycles. The van der Waals surface area contributed by atoms with Gasteiger partial charge in [-0.25, -0.2) is 4.39 Å². The molecule has 3 N–H and O–H groups in total. The highest BCUT2D eigenvalue weighted by Gasteiger charge is 2.26. The summed E-state index contributed by atoms with van der Waals surface area (Å²) in [6.45, 7) is 5.78. The van der Waals surface area contributed by atoms with Gasteiger partial charge >= 0.3 is 0 Å². The second-order valence-electron chi connectivity index (χ2n) is 4.89. The predicted molar refractivity (Wildman–Crippen MR) is 68.2 cm³/mol. The van der Waals surface area contributed by atoms with Crippen molar-refractivity contribution < 1.29 is 14.2 Å². The Morgan fingerprint density at radius 1 is 1.35 bits per heavy atom. The summed E-state index contributed by atoms with van der Waals surface area (Å²) >= 11 is 0. The second kappa shape index (κ2) is 5.56. The van der Waals surface area contributed by atoms with Gasteiger partial charge in [-0.05, 0) is 11.5 Å². The average molecular weight is 264 g/mol. The monoisotopic (exact) mass is 263 g/mol. The van der Waals surface area contributed by atoms with E-state index in [4.69, 9.17) is 10.5 Å². The zero-order valence-electron chi connectivity index (χ0n) is 10.5. The molecule has 5 heteroatoms. The highest BCUT2D eigenvalue weighted by atomic mass is 35.5. The molecule has 0 saturated carbocycles. The molecule has 0 unspecified atom stereocenters. The van der Waals surface area contributed by atoms with Crippen molar-refractivity contribution in [2.24, 2.45) is 11.1 Å². The van der Waals surface area contributed by atoms with Crippen LogP contribution in [0.25, 0.3) is 0 Å². The molecule has 0 heterocycles. The van der Waals surface area contributed by atoms with Crippen molar-refractivity contribution in [1.29, 1.82) is 0 Å². The number of nitrogens with two attached hydrogens (primary N) is 1. The van der Waals surface area contributed by atoms with Gasteiger partial charge in [-0.3, -0.25) is 0 Å². The van der Waals surface area contributed by atoms with Crippen molar-refractivity contribution >= 4 is 12.4 Å². The molecule has 0 spiro atoms. The molecule has 1 atom stereocenters. The average Bonchev–Trinajstić information content (AvgIpc) is 2.18. The van der Waals surface area contributed by atoms with Gasteiger partial charge in [-0.15, -0.1) is 12.4 Å². The van der Waals surface area contributed by atoms with Gasteiger partial charge in [0.25, 0.3) is 0 Å². The Balaban J connectivity index is 0.00000256. The number of halogens is 2. The molecule has 1 rings (SSSR count). The lowest BCUT2D eigenvalue weighted by atomic mass is 9.82. The van der Waals surface area contributed by atoms with E-state index in [2.05, 4.69) is 0 Å². The largest absolute Gasteiger partial charge is 0.504 e. The van der Waals surface area contributed by atoms with E-state index in [1.54, 1.807) is 0 Å². The third-order valence-corrected chi connectivity index (χ3v) is 2.56. The second-order valence-corrected chi connectivity index (χ2v) is 4.89. The minimum Gasteiger partial charge on any atom is -0.504 e. The van der Waals surface area contributed by atoms with Crippen LogP contribution in [-0.2, 0) is 0 Å². The SMILES string of the molecule is COc1cc(F)cc([C@H](N)C(C)(C)C)c1O.Cl. The molecule has 0 aliphatic heterocycles. The number of phenolic OH excluding ortho intramolecular Hbond substituents is 1. The Hall–Kier alpha value is -1.00. The number of benzene rings is 1. The molecular weight excluding hydrogens is 245 g/mol. The summed E-state index contributed by atoms with van der Waals surface area (Å²) in [5.41, 5.74) is 6.08. The Morgan fingerprint density at radius 2 is 1.88 bits per heavy atom. The smallest absolute Gasteiger partial charge is 0.163 e. The van der Waals surface area contributed by atoms with Crippen LogP contribution in [0.2, 0.25) is 0 Å². The number of ether oxygens (including phenoxy) is 1. The molecule has 0 aromatic heterocycles. The molecule has 0 aliphatic rings. The summed E-state index contributed by atoms with van der Waals surface area (Å²) in [5, 5.41) is 9.88. The topological polar surface area (TPSA) is 55.5 Å². The molecule has 98 valence electrons. The first-order valence-corrected chi connectivity index (χ1v) is 5.09. The van der Waals surface area contributed by atoms with E-state index < -0.39 is 11.9 Å². The van der Waals surface area contributed by atoms with E-state index in [0.29, 0.717) is 5.56 Å². The van der Waals surface area contributed by atoms with Gasteiger partial charge in [-0.1, -0.05) is 20.8 Å². The maximum absolute atomic E-state index is 13.3. The quantitative estimate of drug-likeness (QED) is 0.862. The standard InChI is InChI=1S/C12H18FNO2.ClH/c1-12(2,3)11(14)8-5-7(13)6-9(16-4)10(8)15;/h5-6,11,15H,14H2,1-4H3;1H/t11-;/m0./s1. The third-order valence-electron chi connectivity index (χ3n) is 2.56. The van der Waals surface area contributed by atoms with Crippen LogP contribution in [0.3, 0.4) is 0 Å². The van der Waals surface area contributed by atoms with Gasteiger partial charge < -0.3 is 15.6 Å². The third kappa shape index (κ3) is 3.48. The van der Waals surface area contributed by atoms with Crippen LogP contribution in [0.15, 0.2) is 12.1 Å². The fourth-order valence-electron chi connectivity index (χ4n) is 1.45. The van der Waals surface area contributed by atoms with Crippen molar-refractivity contribution in [2.75, 3.05) is 7.11 Å². The maximum atomic E-state index is 13.3. The fraction of sp³-hybridized carbons (Fsp3) is 0.500. The van der Waals surface area contributed by atoms with Crippen molar-refractivity contribution in [3.05, 3.63) is 23.5 Å². The summed E-state index contributed by atoms with van der Waals surface area (Å²) in [6.07, 6.45) is 0. The van der Waals surface area contributed by atoms with E-state index in [1.807, 2.05) is 20.8 Å². The summed E-state index contributed by atoms with van der Waals surface area (Å²) in [7, 11) is 1.38. The van der Waals surface area contributed by atoms with E-state index in [9.17, 15) is 9.50 Å². The zero-order valence-corrected chi connectivity index (χ0v) is 11.3. The highest BCUT2D eigenvalue weighted by molar-refractivity contribution is 5.85. The molecule has 17 heavy (non-hydrogen) atoms. The lowest BCUT2D eigenvalue weighted by molar-refractivity contribution is 0.309. The molecule has 0 radical (unpaired) electrons. The number of methoxy groups -OCH3 is 1. The number of rotatable bonds is 2. The molecule has 0 amide bonds. The molecule has 0 fully saturated rings. The molecule has 3 nitrogen and oxygen atoms in total. The van der Waals surface area contributed by atoms with E-state index in [1.165, 1.54) is 13.2 Å². The number of hydrogen-bond acceptors (Lipinski definition) is 3. The van der Waals surface area contributed by atoms with Crippen molar-refractivity contribution in [3.63, 3.8) is 0 Å². The number of hydrogen-bond donors (Lipinski definition) is 2. The first-order chi connectivity index (χ1) is 7.27. The van der Waals surface area contributed by atoms with Crippen LogP contribution in [0, 0.1) is 11.2 Å². The maximum Gasteiger partial charge on any atom is 0.163 e. The molecule has 1 aromatic carbocycles. The summed E-state index contributed by atoms with van der Waals surface area (Å²) < 4.78 is 18.2. The first kappa shape index (κ1) is 16.0. The van der Waals surface area contributed by atoms with Gasteiger partial charge in [0.1, 0.15) is 5.82 Å². The highest BCUT2D eigenvalue weighted by Crippen LogP contribution is 2.40. The number of phenols is 1. The van der Waals surface area contributed by atoms with Crippen LogP contribution >= 0.6 is 12.4 Å². The summed E-state index contributed by atoms with van der Waals surface area (Å²) in [5.74, 6) is -0.453. The van der Waals surface area contributed by atoms with Gasteiger partial charge in [0.15, 0.2) is 11.5 Å². The summed E-state index contributed by atoms with van der Waals surface area (Å²) in [6, 6.07) is 1.92. The lowest BCUT2D eigenvalue weighted by Gasteiger charge is -2.28. The van der Waals surface area contributed by atoms with Crippen LogP contribution in [0.5, 0.6) is 11.5 Å². The van der Waals surface area contributed by atoms with Crippen molar-refractivity contribution in [2.45, 2.75) is 26.8 Å². The van der Waals surface area contributed by atoms with Crippen molar-refractivity contribution in [1.82, 2.24) is 0 Å². The Kier molecular flexibility index (Phi) is 5.23. The van der Waals surface area contributed by atoms with Crippen LogP contribution in [-0.4, -0.2) is 12.2 Å². The van der Waals surface area contributed by atoms with E-state index in [-0.39, 0.29) is 29.3 Å². The number of aromatic hydroxyl groups is 1. The van der Waals surface area contributed by atoms with Gasteiger partial charge in [0.2, 0.25) is 0 Å².